The maximum atomic E-state index is 11.1. The number of rotatable bonds is 10. The molecule has 156 valence electrons. The molecule has 5 nitrogen and oxygen atoms in total. The molecule has 0 atom stereocenters. The first-order chi connectivity index (χ1) is 14.6. The minimum atomic E-state index is -0.0275. The molecular weight excluding hydrogens is 374 g/mol. The van der Waals surface area contributed by atoms with Crippen LogP contribution in [0.15, 0.2) is 72.9 Å². The summed E-state index contributed by atoms with van der Waals surface area (Å²) in [5.41, 5.74) is 4.45. The first-order valence-electron chi connectivity index (χ1n) is 10.4. The fourth-order valence-electron chi connectivity index (χ4n) is 3.30. The van der Waals surface area contributed by atoms with Gasteiger partial charge in [0.25, 0.3) is 0 Å². The summed E-state index contributed by atoms with van der Waals surface area (Å²) in [7, 11) is 0. The smallest absolute Gasteiger partial charge is 0.222 e. The van der Waals surface area contributed by atoms with Crippen molar-refractivity contribution >= 4 is 11.6 Å². The molecule has 3 rings (SSSR count). The molecule has 30 heavy (non-hydrogen) atoms. The molecule has 1 amide bonds. The highest BCUT2D eigenvalue weighted by molar-refractivity contribution is 5.72. The van der Waals surface area contributed by atoms with Crippen LogP contribution < -0.4 is 19.9 Å². The van der Waals surface area contributed by atoms with Gasteiger partial charge >= 0.3 is 0 Å². The Morgan fingerprint density at radius 2 is 1.60 bits per heavy atom. The van der Waals surface area contributed by atoms with E-state index in [1.807, 2.05) is 30.3 Å². The summed E-state index contributed by atoms with van der Waals surface area (Å²) >= 11 is 0. The molecule has 0 saturated carbocycles. The second-order valence-corrected chi connectivity index (χ2v) is 7.26. The lowest BCUT2D eigenvalue weighted by molar-refractivity contribution is -0.702. The fourth-order valence-corrected chi connectivity index (χ4v) is 3.30. The van der Waals surface area contributed by atoms with Crippen molar-refractivity contribution in [2.45, 2.75) is 33.4 Å². The van der Waals surface area contributed by atoms with E-state index in [0.29, 0.717) is 19.7 Å². The third-order valence-electron chi connectivity index (χ3n) is 4.95. The number of pyridine rings is 1. The Morgan fingerprint density at radius 3 is 2.27 bits per heavy atom. The van der Waals surface area contributed by atoms with E-state index in [9.17, 15) is 4.79 Å². The number of nitrogens with one attached hydrogen (secondary N) is 2. The summed E-state index contributed by atoms with van der Waals surface area (Å²) < 4.78 is 8.48. The molecule has 2 aromatic carbocycles. The lowest BCUT2D eigenvalue weighted by Gasteiger charge is -2.15. The van der Waals surface area contributed by atoms with Crippen LogP contribution in [0, 0.1) is 6.92 Å². The van der Waals surface area contributed by atoms with E-state index in [1.54, 1.807) is 0 Å². The zero-order valence-electron chi connectivity index (χ0n) is 17.7. The zero-order chi connectivity index (χ0) is 21.2. The first kappa shape index (κ1) is 21.4. The number of hydrogen-bond donors (Lipinski definition) is 2. The molecule has 0 fully saturated rings. The van der Waals surface area contributed by atoms with Crippen molar-refractivity contribution in [1.29, 1.82) is 0 Å². The van der Waals surface area contributed by atoms with Gasteiger partial charge in [-0.25, -0.2) is 0 Å². The molecule has 0 bridgehead atoms. The molecule has 0 aliphatic rings. The van der Waals surface area contributed by atoms with Crippen LogP contribution in [0.3, 0.4) is 0 Å². The number of aromatic nitrogens is 1. The summed E-state index contributed by atoms with van der Waals surface area (Å²) in [6, 6.07) is 22.7. The second-order valence-electron chi connectivity index (χ2n) is 7.26. The second kappa shape index (κ2) is 11.0. The molecule has 1 heterocycles. The van der Waals surface area contributed by atoms with E-state index in [0.717, 1.165) is 35.7 Å². The van der Waals surface area contributed by atoms with Gasteiger partial charge in [-0.05, 0) is 11.1 Å². The fraction of sp³-hybridized carbons (Fsp3) is 0.280. The van der Waals surface area contributed by atoms with Gasteiger partial charge in [-0.15, -0.1) is 0 Å². The molecule has 0 aliphatic heterocycles. The monoisotopic (exact) mass is 404 g/mol. The average molecular weight is 405 g/mol. The summed E-state index contributed by atoms with van der Waals surface area (Å²) in [5.74, 6) is 0.817. The predicted molar refractivity (Wildman–Crippen MR) is 119 cm³/mol. The minimum Gasteiger partial charge on any atom is -0.481 e. The van der Waals surface area contributed by atoms with E-state index in [1.165, 1.54) is 12.5 Å². The van der Waals surface area contributed by atoms with Crippen molar-refractivity contribution in [3.8, 4) is 5.75 Å². The topological polar surface area (TPSA) is 54.2 Å². The van der Waals surface area contributed by atoms with Gasteiger partial charge in [0.2, 0.25) is 17.4 Å². The molecule has 1 aromatic heterocycles. The van der Waals surface area contributed by atoms with Crippen molar-refractivity contribution in [1.82, 2.24) is 5.32 Å². The van der Waals surface area contributed by atoms with Crippen LogP contribution in [0.1, 0.15) is 23.7 Å². The largest absolute Gasteiger partial charge is 0.481 e. The zero-order valence-corrected chi connectivity index (χ0v) is 17.7. The number of anilines is 1. The number of carbonyl (C=O) groups excluding carboxylic acids is 1. The lowest BCUT2D eigenvalue weighted by Crippen LogP contribution is -2.38. The number of hydrogen-bond acceptors (Lipinski definition) is 3. The van der Waals surface area contributed by atoms with Crippen molar-refractivity contribution in [3.63, 3.8) is 0 Å². The molecule has 2 N–H and O–H groups in total. The van der Waals surface area contributed by atoms with E-state index in [-0.39, 0.29) is 5.91 Å². The molecule has 3 aromatic rings. The van der Waals surface area contributed by atoms with Crippen LogP contribution >= 0.6 is 0 Å². The van der Waals surface area contributed by atoms with Crippen molar-refractivity contribution < 1.29 is 14.1 Å². The molecule has 0 aliphatic carbocycles. The van der Waals surface area contributed by atoms with Gasteiger partial charge in [-0.1, -0.05) is 60.7 Å². The van der Waals surface area contributed by atoms with Gasteiger partial charge in [0.1, 0.15) is 6.61 Å². The number of aryl methyl sites for hydroxylation is 2. The maximum absolute atomic E-state index is 11.1. The predicted octanol–water partition coefficient (Wildman–Crippen LogP) is 3.65. The number of carbonyl (C=O) groups is 1. The Kier molecular flexibility index (Phi) is 7.84. The molecule has 0 saturated heterocycles. The molecule has 0 radical (unpaired) electrons. The number of nitrogens with zero attached hydrogens (tertiary/aromatic N) is 1. The highest BCUT2D eigenvalue weighted by Crippen LogP contribution is 2.27. The highest BCUT2D eigenvalue weighted by Gasteiger charge is 2.18. The summed E-state index contributed by atoms with van der Waals surface area (Å²) in [5, 5.41) is 6.20. The van der Waals surface area contributed by atoms with Gasteiger partial charge in [-0.2, -0.15) is 4.57 Å². The van der Waals surface area contributed by atoms with Gasteiger partial charge in [0.15, 0.2) is 12.7 Å². The quantitative estimate of drug-likeness (QED) is 0.401. The van der Waals surface area contributed by atoms with E-state index in [2.05, 4.69) is 64.7 Å². The van der Waals surface area contributed by atoms with Gasteiger partial charge in [-0.3, -0.25) is 4.79 Å². The van der Waals surface area contributed by atoms with Gasteiger partial charge < -0.3 is 15.4 Å². The molecule has 0 unspecified atom stereocenters. The Bertz CT molecular complexity index is 943. The van der Waals surface area contributed by atoms with E-state index in [4.69, 9.17) is 4.74 Å². The highest BCUT2D eigenvalue weighted by atomic mass is 16.5. The molecule has 5 heteroatoms. The van der Waals surface area contributed by atoms with Crippen LogP contribution in [-0.2, 0) is 24.4 Å². The Hall–Kier alpha value is -3.34. The van der Waals surface area contributed by atoms with Crippen molar-refractivity contribution in [2.75, 3.05) is 18.4 Å². The summed E-state index contributed by atoms with van der Waals surface area (Å²) in [6.07, 6.45) is 3.05. The average Bonchev–Trinajstić information content (AvgIpc) is 2.77. The van der Waals surface area contributed by atoms with Crippen LogP contribution in [0.2, 0.25) is 0 Å². The maximum Gasteiger partial charge on any atom is 0.222 e. The van der Waals surface area contributed by atoms with Gasteiger partial charge in [0.05, 0.1) is 5.69 Å². The Morgan fingerprint density at radius 1 is 0.933 bits per heavy atom. The number of ether oxygens (including phenoxy) is 1. The Balaban J connectivity index is 1.74. The van der Waals surface area contributed by atoms with Crippen LogP contribution in [0.25, 0.3) is 0 Å². The molecule has 0 spiro atoms. The molecular formula is C25H30N3O2+. The van der Waals surface area contributed by atoms with Crippen LogP contribution in [0.5, 0.6) is 5.75 Å². The third kappa shape index (κ3) is 6.34. The lowest BCUT2D eigenvalue weighted by atomic mass is 10.1. The first-order valence-corrected chi connectivity index (χ1v) is 10.4. The summed E-state index contributed by atoms with van der Waals surface area (Å²) in [6.45, 7) is 6.19. The number of benzene rings is 2. The van der Waals surface area contributed by atoms with Crippen molar-refractivity contribution in [3.05, 3.63) is 89.7 Å². The van der Waals surface area contributed by atoms with Crippen LogP contribution in [0.4, 0.5) is 5.69 Å². The van der Waals surface area contributed by atoms with Crippen molar-refractivity contribution in [2.24, 2.45) is 0 Å². The Labute approximate surface area is 178 Å². The summed E-state index contributed by atoms with van der Waals surface area (Å²) in [4.78, 5) is 11.1. The third-order valence-corrected chi connectivity index (χ3v) is 4.95. The minimum absolute atomic E-state index is 0.0275. The normalized spacial score (nSPS) is 10.5. The van der Waals surface area contributed by atoms with Crippen LogP contribution in [-0.4, -0.2) is 19.0 Å². The standard InChI is InChI=1S/C25H29N3O2/c1-20-25(30-19-23-11-7-4-8-12-23)24(27-16-15-26-21(2)29)14-18-28(20)17-13-22-9-5-3-6-10-22/h3-12,14,18H,13,15-17,19H2,1-2H3,(H,26,29)/p+1. The van der Waals surface area contributed by atoms with E-state index >= 15 is 0 Å². The number of amides is 1. The van der Waals surface area contributed by atoms with Gasteiger partial charge in [0, 0.05) is 39.4 Å². The van der Waals surface area contributed by atoms with E-state index < -0.39 is 0 Å². The SMILES string of the molecule is CC(=O)NCCNc1cc[n+](CCc2ccccc2)c(C)c1OCc1ccccc1.